The van der Waals surface area contributed by atoms with Crippen molar-refractivity contribution in [3.05, 3.63) is 23.8 Å². The third kappa shape index (κ3) is 4.24. The summed E-state index contributed by atoms with van der Waals surface area (Å²) < 4.78 is 11.1. The smallest absolute Gasteiger partial charge is 0.254 e. The third-order valence-electron chi connectivity index (χ3n) is 4.67. The Bertz CT molecular complexity index is 632. The number of unbranched alkanes of at least 4 members (excludes halogenated alkanes) is 1. The van der Waals surface area contributed by atoms with Crippen molar-refractivity contribution in [2.45, 2.75) is 32.6 Å². The van der Waals surface area contributed by atoms with Crippen molar-refractivity contribution in [3.8, 4) is 11.5 Å². The molecule has 0 unspecified atom stereocenters. The van der Waals surface area contributed by atoms with Gasteiger partial charge in [-0.3, -0.25) is 9.59 Å². The number of fused-ring (bicyclic) bond motifs is 1. The molecule has 2 aliphatic rings. The average molecular weight is 346 g/mol. The van der Waals surface area contributed by atoms with Crippen LogP contribution < -0.4 is 9.47 Å². The molecular weight excluding hydrogens is 320 g/mol. The predicted molar refractivity (Wildman–Crippen MR) is 94.1 cm³/mol. The second-order valence-electron chi connectivity index (χ2n) is 6.49. The minimum absolute atomic E-state index is 0.0140. The first-order chi connectivity index (χ1) is 12.2. The molecule has 1 fully saturated rings. The van der Waals surface area contributed by atoms with E-state index in [4.69, 9.17) is 9.47 Å². The fourth-order valence-corrected chi connectivity index (χ4v) is 3.22. The van der Waals surface area contributed by atoms with Crippen LogP contribution in [-0.2, 0) is 4.79 Å². The maximum atomic E-state index is 12.8. The number of rotatable bonds is 4. The third-order valence-corrected chi connectivity index (χ3v) is 4.67. The Hall–Kier alpha value is -2.24. The zero-order chi connectivity index (χ0) is 17.6. The van der Waals surface area contributed by atoms with Gasteiger partial charge in [-0.05, 0) is 31.0 Å². The lowest BCUT2D eigenvalue weighted by Crippen LogP contribution is -2.37. The van der Waals surface area contributed by atoms with Crippen LogP contribution in [0.15, 0.2) is 18.2 Å². The first kappa shape index (κ1) is 17.6. The zero-order valence-corrected chi connectivity index (χ0v) is 14.8. The number of benzene rings is 1. The molecule has 1 aromatic rings. The summed E-state index contributed by atoms with van der Waals surface area (Å²) in [5.41, 5.74) is 0.606. The zero-order valence-electron chi connectivity index (χ0n) is 14.8. The van der Waals surface area contributed by atoms with Crippen molar-refractivity contribution >= 4 is 11.8 Å². The molecule has 0 atom stereocenters. The first-order valence-electron chi connectivity index (χ1n) is 9.15. The highest BCUT2D eigenvalue weighted by atomic mass is 16.6. The second kappa shape index (κ2) is 8.23. The lowest BCUT2D eigenvalue weighted by Gasteiger charge is -2.23. The molecule has 25 heavy (non-hydrogen) atoms. The number of nitrogens with zero attached hydrogens (tertiary/aromatic N) is 2. The van der Waals surface area contributed by atoms with Gasteiger partial charge < -0.3 is 19.3 Å². The summed E-state index contributed by atoms with van der Waals surface area (Å²) in [6, 6.07) is 5.33. The standard InChI is InChI=1S/C19H26N2O4/c1-2-3-5-18(22)20-8-4-9-21(11-10-20)19(23)15-6-7-16-17(14-15)25-13-12-24-16/h6-7,14H,2-5,8-13H2,1H3. The topological polar surface area (TPSA) is 59.1 Å². The molecule has 6 heteroatoms. The van der Waals surface area contributed by atoms with E-state index in [-0.39, 0.29) is 11.8 Å². The Labute approximate surface area is 148 Å². The van der Waals surface area contributed by atoms with Crippen molar-refractivity contribution in [3.63, 3.8) is 0 Å². The van der Waals surface area contributed by atoms with E-state index in [0.717, 1.165) is 25.8 Å². The molecule has 136 valence electrons. The summed E-state index contributed by atoms with van der Waals surface area (Å²) in [5, 5.41) is 0. The van der Waals surface area contributed by atoms with E-state index >= 15 is 0 Å². The molecule has 0 aromatic heterocycles. The predicted octanol–water partition coefficient (Wildman–Crippen LogP) is 2.32. The molecule has 1 aromatic carbocycles. The Morgan fingerprint density at radius 3 is 2.52 bits per heavy atom. The molecule has 0 aliphatic carbocycles. The Balaban J connectivity index is 1.62. The van der Waals surface area contributed by atoms with Gasteiger partial charge in [0.2, 0.25) is 5.91 Å². The van der Waals surface area contributed by atoms with E-state index in [1.807, 2.05) is 9.80 Å². The summed E-state index contributed by atoms with van der Waals surface area (Å²) in [4.78, 5) is 28.7. The van der Waals surface area contributed by atoms with Crippen LogP contribution in [0, 0.1) is 0 Å². The van der Waals surface area contributed by atoms with Gasteiger partial charge in [-0.1, -0.05) is 13.3 Å². The maximum absolute atomic E-state index is 12.8. The van der Waals surface area contributed by atoms with Crippen LogP contribution in [0.4, 0.5) is 0 Å². The summed E-state index contributed by atoms with van der Waals surface area (Å²) in [7, 11) is 0. The molecule has 0 saturated carbocycles. The molecule has 0 spiro atoms. The highest BCUT2D eigenvalue weighted by Crippen LogP contribution is 2.31. The van der Waals surface area contributed by atoms with Crippen molar-refractivity contribution in [1.29, 1.82) is 0 Å². The molecule has 0 N–H and O–H groups in total. The second-order valence-corrected chi connectivity index (χ2v) is 6.49. The van der Waals surface area contributed by atoms with Crippen LogP contribution in [0.1, 0.15) is 43.0 Å². The lowest BCUT2D eigenvalue weighted by atomic mass is 10.1. The lowest BCUT2D eigenvalue weighted by molar-refractivity contribution is -0.131. The van der Waals surface area contributed by atoms with Gasteiger partial charge in [0.25, 0.3) is 5.91 Å². The first-order valence-corrected chi connectivity index (χ1v) is 9.15. The van der Waals surface area contributed by atoms with Crippen LogP contribution in [0.2, 0.25) is 0 Å². The SMILES string of the molecule is CCCCC(=O)N1CCCN(C(=O)c2ccc3c(c2)OCCO3)CC1. The molecule has 0 bridgehead atoms. The van der Waals surface area contributed by atoms with Gasteiger partial charge in [-0.15, -0.1) is 0 Å². The van der Waals surface area contributed by atoms with Crippen molar-refractivity contribution in [1.82, 2.24) is 9.80 Å². The van der Waals surface area contributed by atoms with Crippen molar-refractivity contribution in [2.24, 2.45) is 0 Å². The van der Waals surface area contributed by atoms with E-state index in [1.54, 1.807) is 18.2 Å². The number of carbonyl (C=O) groups excluding carboxylic acids is 2. The number of ether oxygens (including phenoxy) is 2. The van der Waals surface area contributed by atoms with E-state index < -0.39 is 0 Å². The highest BCUT2D eigenvalue weighted by molar-refractivity contribution is 5.95. The van der Waals surface area contributed by atoms with Gasteiger partial charge in [0, 0.05) is 38.2 Å². The van der Waals surface area contributed by atoms with Crippen molar-refractivity contribution < 1.29 is 19.1 Å². The van der Waals surface area contributed by atoms with E-state index in [1.165, 1.54) is 0 Å². The van der Waals surface area contributed by atoms with Crippen LogP contribution in [0.5, 0.6) is 11.5 Å². The van der Waals surface area contributed by atoms with Gasteiger partial charge >= 0.3 is 0 Å². The largest absolute Gasteiger partial charge is 0.486 e. The van der Waals surface area contributed by atoms with Crippen LogP contribution in [0.3, 0.4) is 0 Å². The molecule has 2 heterocycles. The Morgan fingerprint density at radius 1 is 1.00 bits per heavy atom. The van der Waals surface area contributed by atoms with Gasteiger partial charge in [0.1, 0.15) is 13.2 Å². The van der Waals surface area contributed by atoms with E-state index in [9.17, 15) is 9.59 Å². The molecular formula is C19H26N2O4. The number of hydrogen-bond donors (Lipinski definition) is 0. The summed E-state index contributed by atoms with van der Waals surface area (Å²) in [6.45, 7) is 5.71. The highest BCUT2D eigenvalue weighted by Gasteiger charge is 2.23. The fourth-order valence-electron chi connectivity index (χ4n) is 3.22. The Kier molecular flexibility index (Phi) is 5.79. The van der Waals surface area contributed by atoms with Gasteiger partial charge in [0.05, 0.1) is 0 Å². The van der Waals surface area contributed by atoms with Crippen molar-refractivity contribution in [2.75, 3.05) is 39.4 Å². The van der Waals surface area contributed by atoms with Gasteiger partial charge in [-0.2, -0.15) is 0 Å². The number of hydrogen-bond acceptors (Lipinski definition) is 4. The van der Waals surface area contributed by atoms with Gasteiger partial charge in [0.15, 0.2) is 11.5 Å². The molecule has 0 radical (unpaired) electrons. The monoisotopic (exact) mass is 346 g/mol. The number of carbonyl (C=O) groups is 2. The molecule has 1 saturated heterocycles. The minimum atomic E-state index is -0.0140. The average Bonchev–Trinajstić information content (AvgIpc) is 2.91. The summed E-state index contributed by atoms with van der Waals surface area (Å²) in [5.74, 6) is 1.50. The Morgan fingerprint density at radius 2 is 1.72 bits per heavy atom. The molecule has 2 amide bonds. The fraction of sp³-hybridized carbons (Fsp3) is 0.579. The maximum Gasteiger partial charge on any atom is 0.254 e. The summed E-state index contributed by atoms with van der Waals surface area (Å²) >= 11 is 0. The van der Waals surface area contributed by atoms with Crippen LogP contribution in [-0.4, -0.2) is 61.0 Å². The van der Waals surface area contributed by atoms with E-state index in [2.05, 4.69) is 6.92 Å². The van der Waals surface area contributed by atoms with Crippen LogP contribution >= 0.6 is 0 Å². The van der Waals surface area contributed by atoms with Gasteiger partial charge in [-0.25, -0.2) is 0 Å². The summed E-state index contributed by atoms with van der Waals surface area (Å²) in [6.07, 6.45) is 3.37. The number of amides is 2. The molecule has 2 aliphatic heterocycles. The normalized spacial score (nSPS) is 17.2. The van der Waals surface area contributed by atoms with Crippen LogP contribution in [0.25, 0.3) is 0 Å². The quantitative estimate of drug-likeness (QED) is 0.839. The molecule has 6 nitrogen and oxygen atoms in total. The van der Waals surface area contributed by atoms with E-state index in [0.29, 0.717) is 56.3 Å². The minimum Gasteiger partial charge on any atom is -0.486 e. The molecule has 3 rings (SSSR count).